The molecule has 5 heteroatoms. The average molecular weight is 510 g/mol. The van der Waals surface area contributed by atoms with Gasteiger partial charge in [-0.3, -0.25) is 4.79 Å². The first-order chi connectivity index (χ1) is 17.6. The number of hydrogen-bond acceptors (Lipinski definition) is 4. The first-order valence-electron chi connectivity index (χ1n) is 15.1. The summed E-state index contributed by atoms with van der Waals surface area (Å²) in [6.45, 7) is 4.08. The van der Waals surface area contributed by atoms with Gasteiger partial charge in [-0.05, 0) is 32.1 Å². The molecule has 1 amide bonds. The van der Waals surface area contributed by atoms with E-state index < -0.39 is 18.2 Å². The molecule has 0 heterocycles. The highest BCUT2D eigenvalue weighted by Crippen LogP contribution is 2.14. The molecule has 0 spiro atoms. The van der Waals surface area contributed by atoms with Gasteiger partial charge in [-0.2, -0.15) is 0 Å². The average Bonchev–Trinajstić information content (AvgIpc) is 2.88. The van der Waals surface area contributed by atoms with Crippen molar-refractivity contribution >= 4 is 5.91 Å². The summed E-state index contributed by atoms with van der Waals surface area (Å²) in [4.78, 5) is 12.2. The van der Waals surface area contributed by atoms with Crippen LogP contribution in [-0.2, 0) is 4.79 Å². The standard InChI is InChI=1S/C31H59NO4/c1-3-5-7-9-11-13-14-15-16-18-20-22-24-26-30(35)32-28(27-33)31(36)29(34)25-23-21-19-17-12-10-8-6-4-2/h15-16,20,22,28-29,31,33-34,36H,3-14,17-19,21,23-27H2,1-2H3,(H,32,35)/b16-15-,22-20-. The SMILES string of the molecule is CCCCCCCC/C=C\C/C=C\CCC(=O)NC(CO)C(O)C(O)CCCCCCCCCCC. The molecular weight excluding hydrogens is 450 g/mol. The third-order valence-corrected chi connectivity index (χ3v) is 6.82. The molecule has 0 aliphatic heterocycles. The Labute approximate surface area is 222 Å². The van der Waals surface area contributed by atoms with Crippen LogP contribution in [0.15, 0.2) is 24.3 Å². The Hall–Kier alpha value is -1.17. The molecule has 0 rings (SSSR count). The summed E-state index contributed by atoms with van der Waals surface area (Å²) >= 11 is 0. The van der Waals surface area contributed by atoms with Crippen LogP contribution >= 0.6 is 0 Å². The second-order valence-electron chi connectivity index (χ2n) is 10.3. The lowest BCUT2D eigenvalue weighted by molar-refractivity contribution is -0.124. The Bertz CT molecular complexity index is 535. The first kappa shape index (κ1) is 34.8. The van der Waals surface area contributed by atoms with Crippen LogP contribution in [0.1, 0.15) is 142 Å². The lowest BCUT2D eigenvalue weighted by Gasteiger charge is -2.26. The quantitative estimate of drug-likeness (QED) is 0.0737. The third-order valence-electron chi connectivity index (χ3n) is 6.82. The predicted octanol–water partition coefficient (Wildman–Crippen LogP) is 7.14. The van der Waals surface area contributed by atoms with E-state index in [1.165, 1.54) is 77.0 Å². The lowest BCUT2D eigenvalue weighted by Crippen LogP contribution is -2.50. The van der Waals surface area contributed by atoms with Gasteiger partial charge in [0, 0.05) is 6.42 Å². The number of carbonyl (C=O) groups excluding carboxylic acids is 1. The zero-order chi connectivity index (χ0) is 26.7. The monoisotopic (exact) mass is 509 g/mol. The van der Waals surface area contributed by atoms with Crippen LogP contribution in [0.2, 0.25) is 0 Å². The molecule has 0 aliphatic rings. The Morgan fingerprint density at radius 3 is 1.75 bits per heavy atom. The number of carbonyl (C=O) groups is 1. The van der Waals surface area contributed by atoms with Crippen LogP contribution in [0.4, 0.5) is 0 Å². The van der Waals surface area contributed by atoms with E-state index in [1.54, 1.807) is 0 Å². The number of hydrogen-bond donors (Lipinski definition) is 4. The molecule has 36 heavy (non-hydrogen) atoms. The Morgan fingerprint density at radius 2 is 1.19 bits per heavy atom. The van der Waals surface area contributed by atoms with E-state index in [1.807, 2.05) is 6.08 Å². The minimum atomic E-state index is -1.15. The molecule has 4 N–H and O–H groups in total. The van der Waals surface area contributed by atoms with Gasteiger partial charge in [-0.1, -0.05) is 128 Å². The van der Waals surface area contributed by atoms with Crippen LogP contribution in [0.3, 0.4) is 0 Å². The first-order valence-corrected chi connectivity index (χ1v) is 15.1. The fourth-order valence-corrected chi connectivity index (χ4v) is 4.38. The normalized spacial score (nSPS) is 14.5. The van der Waals surface area contributed by atoms with Crippen molar-refractivity contribution in [1.29, 1.82) is 0 Å². The van der Waals surface area contributed by atoms with Crippen LogP contribution in [-0.4, -0.2) is 46.1 Å². The van der Waals surface area contributed by atoms with Crippen LogP contribution < -0.4 is 5.32 Å². The number of allylic oxidation sites excluding steroid dienone is 4. The molecule has 0 aromatic carbocycles. The number of rotatable bonds is 26. The summed E-state index contributed by atoms with van der Waals surface area (Å²) in [5.41, 5.74) is 0. The van der Waals surface area contributed by atoms with E-state index in [9.17, 15) is 20.1 Å². The fraction of sp³-hybridized carbons (Fsp3) is 0.839. The molecule has 0 saturated heterocycles. The summed E-state index contributed by atoms with van der Waals surface area (Å²) in [6.07, 6.45) is 28.5. The van der Waals surface area contributed by atoms with E-state index in [0.717, 1.165) is 32.1 Å². The number of aliphatic hydroxyl groups excluding tert-OH is 3. The maximum Gasteiger partial charge on any atom is 0.220 e. The van der Waals surface area contributed by atoms with E-state index in [2.05, 4.69) is 37.4 Å². The minimum absolute atomic E-state index is 0.216. The van der Waals surface area contributed by atoms with Crippen LogP contribution in [0, 0.1) is 0 Å². The highest BCUT2D eigenvalue weighted by atomic mass is 16.3. The van der Waals surface area contributed by atoms with Gasteiger partial charge in [0.2, 0.25) is 5.91 Å². The maximum atomic E-state index is 12.2. The van der Waals surface area contributed by atoms with Crippen molar-refractivity contribution in [3.05, 3.63) is 24.3 Å². The van der Waals surface area contributed by atoms with Gasteiger partial charge in [0.15, 0.2) is 0 Å². The summed E-state index contributed by atoms with van der Waals surface area (Å²) in [5.74, 6) is -0.216. The van der Waals surface area contributed by atoms with Gasteiger partial charge in [-0.25, -0.2) is 0 Å². The second-order valence-corrected chi connectivity index (χ2v) is 10.3. The summed E-state index contributed by atoms with van der Waals surface area (Å²) in [6, 6.07) is -0.833. The van der Waals surface area contributed by atoms with E-state index in [0.29, 0.717) is 19.3 Å². The lowest BCUT2D eigenvalue weighted by atomic mass is 9.99. The molecular formula is C31H59NO4. The van der Waals surface area contributed by atoms with Gasteiger partial charge in [0.1, 0.15) is 6.10 Å². The molecule has 0 radical (unpaired) electrons. The fourth-order valence-electron chi connectivity index (χ4n) is 4.38. The largest absolute Gasteiger partial charge is 0.394 e. The molecule has 0 aromatic rings. The van der Waals surface area contributed by atoms with Gasteiger partial charge in [0.25, 0.3) is 0 Å². The zero-order valence-corrected chi connectivity index (χ0v) is 23.6. The second kappa shape index (κ2) is 26.9. The Kier molecular flexibility index (Phi) is 26.0. The van der Waals surface area contributed by atoms with E-state index in [-0.39, 0.29) is 12.5 Å². The molecule has 0 saturated carbocycles. The van der Waals surface area contributed by atoms with Gasteiger partial charge < -0.3 is 20.6 Å². The molecule has 3 atom stereocenters. The molecule has 0 bridgehead atoms. The van der Waals surface area contributed by atoms with Crippen molar-refractivity contribution in [2.75, 3.05) is 6.61 Å². The van der Waals surface area contributed by atoms with E-state index in [4.69, 9.17) is 0 Å². The van der Waals surface area contributed by atoms with Crippen molar-refractivity contribution in [3.63, 3.8) is 0 Å². The third kappa shape index (κ3) is 22.1. The van der Waals surface area contributed by atoms with Crippen LogP contribution in [0.5, 0.6) is 0 Å². The summed E-state index contributed by atoms with van der Waals surface area (Å²) < 4.78 is 0. The van der Waals surface area contributed by atoms with Crippen LogP contribution in [0.25, 0.3) is 0 Å². The highest BCUT2D eigenvalue weighted by Gasteiger charge is 2.26. The smallest absolute Gasteiger partial charge is 0.220 e. The number of unbranched alkanes of at least 4 members (excludes halogenated alkanes) is 14. The number of amides is 1. The minimum Gasteiger partial charge on any atom is -0.394 e. The van der Waals surface area contributed by atoms with E-state index >= 15 is 0 Å². The molecule has 0 aromatic heterocycles. The summed E-state index contributed by atoms with van der Waals surface area (Å²) in [5, 5.41) is 33.0. The summed E-state index contributed by atoms with van der Waals surface area (Å²) in [7, 11) is 0. The van der Waals surface area contributed by atoms with Crippen molar-refractivity contribution in [1.82, 2.24) is 5.32 Å². The maximum absolute atomic E-state index is 12.2. The van der Waals surface area contributed by atoms with Crippen molar-refractivity contribution < 1.29 is 20.1 Å². The predicted molar refractivity (Wildman–Crippen MR) is 153 cm³/mol. The topological polar surface area (TPSA) is 89.8 Å². The highest BCUT2D eigenvalue weighted by molar-refractivity contribution is 5.76. The Morgan fingerprint density at radius 1 is 0.694 bits per heavy atom. The molecule has 212 valence electrons. The van der Waals surface area contributed by atoms with Crippen molar-refractivity contribution in [2.24, 2.45) is 0 Å². The van der Waals surface area contributed by atoms with Gasteiger partial charge >= 0.3 is 0 Å². The Balaban J connectivity index is 3.88. The molecule has 3 unspecified atom stereocenters. The molecule has 0 fully saturated rings. The van der Waals surface area contributed by atoms with Crippen molar-refractivity contribution in [3.8, 4) is 0 Å². The van der Waals surface area contributed by atoms with Gasteiger partial charge in [0.05, 0.1) is 18.8 Å². The zero-order valence-electron chi connectivity index (χ0n) is 23.6. The number of nitrogens with one attached hydrogen (secondary N) is 1. The van der Waals surface area contributed by atoms with Gasteiger partial charge in [-0.15, -0.1) is 0 Å². The number of aliphatic hydroxyl groups is 3. The van der Waals surface area contributed by atoms with Crippen molar-refractivity contribution in [2.45, 2.75) is 161 Å². The molecule has 5 nitrogen and oxygen atoms in total. The molecule has 0 aliphatic carbocycles.